The van der Waals surface area contributed by atoms with Crippen molar-refractivity contribution in [3.63, 3.8) is 0 Å². The molecular weight excluding hydrogens is 368 g/mol. The maximum Gasteiger partial charge on any atom is 0.314 e. The van der Waals surface area contributed by atoms with Gasteiger partial charge in [0.05, 0.1) is 18.9 Å². The van der Waals surface area contributed by atoms with E-state index in [1.54, 1.807) is 0 Å². The molecule has 0 unspecified atom stereocenters. The van der Waals surface area contributed by atoms with Crippen molar-refractivity contribution >= 4 is 38.7 Å². The van der Waals surface area contributed by atoms with Crippen molar-refractivity contribution in [1.82, 2.24) is 14.0 Å². The number of aryl methyl sites for hydroxylation is 4. The predicted octanol–water partition coefficient (Wildman–Crippen LogP) is 5.33. The molecule has 6 rings (SSSR count). The number of pyridine rings is 1. The topological polar surface area (TPSA) is 26.1 Å². The lowest BCUT2D eigenvalue weighted by Crippen LogP contribution is -2.29. The first kappa shape index (κ1) is 17.2. The number of rotatable bonds is 1. The molecular formula is C26H23N4+. The molecule has 0 saturated carbocycles. The van der Waals surface area contributed by atoms with Crippen LogP contribution in [0.15, 0.2) is 66.9 Å². The van der Waals surface area contributed by atoms with Crippen molar-refractivity contribution in [3.8, 4) is 5.69 Å². The first-order valence-corrected chi connectivity index (χ1v) is 10.3. The van der Waals surface area contributed by atoms with Crippen molar-refractivity contribution in [2.45, 2.75) is 20.8 Å². The van der Waals surface area contributed by atoms with Gasteiger partial charge in [0.1, 0.15) is 11.0 Å². The number of hydrogen-bond acceptors (Lipinski definition) is 1. The minimum Gasteiger partial charge on any atom is -0.252 e. The van der Waals surface area contributed by atoms with Crippen molar-refractivity contribution in [1.29, 1.82) is 0 Å². The lowest BCUT2D eigenvalue weighted by Gasteiger charge is -2.10. The molecule has 0 bridgehead atoms. The number of fused-ring (bicyclic) bond motifs is 7. The van der Waals surface area contributed by atoms with Gasteiger partial charge in [0.2, 0.25) is 0 Å². The standard InChI is InChI=1S/C26H23N4/c1-16-9-7-10-17(2)23(16)29-21-13-8-14-28(4)25(21)30-24-18(3)15-19-11-5-6-12-20(19)22(24)27-26(29)30/h5-15H,1-4H3/q+1. The molecule has 3 heterocycles. The van der Waals surface area contributed by atoms with Gasteiger partial charge >= 0.3 is 11.4 Å². The van der Waals surface area contributed by atoms with Gasteiger partial charge < -0.3 is 0 Å². The minimum absolute atomic E-state index is 0.957. The minimum atomic E-state index is 0.957. The molecule has 0 aliphatic carbocycles. The molecule has 0 atom stereocenters. The van der Waals surface area contributed by atoms with E-state index in [1.165, 1.54) is 38.7 Å². The van der Waals surface area contributed by atoms with Crippen molar-refractivity contribution in [2.24, 2.45) is 7.05 Å². The van der Waals surface area contributed by atoms with E-state index in [0.29, 0.717) is 0 Å². The van der Waals surface area contributed by atoms with Gasteiger partial charge in [-0.3, -0.25) is 4.57 Å². The van der Waals surface area contributed by atoms with Crippen molar-refractivity contribution < 1.29 is 4.57 Å². The molecule has 6 aromatic rings. The van der Waals surface area contributed by atoms with Crippen LogP contribution >= 0.6 is 0 Å². The van der Waals surface area contributed by atoms with Crippen LogP contribution in [0.4, 0.5) is 0 Å². The lowest BCUT2D eigenvalue weighted by atomic mass is 10.1. The molecule has 0 amide bonds. The monoisotopic (exact) mass is 391 g/mol. The van der Waals surface area contributed by atoms with E-state index >= 15 is 0 Å². The highest BCUT2D eigenvalue weighted by atomic mass is 15.3. The lowest BCUT2D eigenvalue weighted by molar-refractivity contribution is -0.647. The second-order valence-electron chi connectivity index (χ2n) is 8.26. The van der Waals surface area contributed by atoms with Gasteiger partial charge in [-0.2, -0.15) is 9.38 Å². The molecule has 3 aromatic heterocycles. The van der Waals surface area contributed by atoms with E-state index in [9.17, 15) is 0 Å². The smallest absolute Gasteiger partial charge is 0.252 e. The Morgan fingerprint density at radius 3 is 2.40 bits per heavy atom. The molecule has 30 heavy (non-hydrogen) atoms. The van der Waals surface area contributed by atoms with Gasteiger partial charge in [0.15, 0.2) is 5.52 Å². The van der Waals surface area contributed by atoms with Gasteiger partial charge in [-0.1, -0.05) is 42.5 Å². The summed E-state index contributed by atoms with van der Waals surface area (Å²) < 4.78 is 6.86. The van der Waals surface area contributed by atoms with Gasteiger partial charge in [0, 0.05) is 5.39 Å². The summed E-state index contributed by atoms with van der Waals surface area (Å²) in [4.78, 5) is 5.25. The molecule has 0 N–H and O–H groups in total. The van der Waals surface area contributed by atoms with Crippen LogP contribution in [0.25, 0.3) is 44.4 Å². The summed E-state index contributed by atoms with van der Waals surface area (Å²) in [5.74, 6) is 0.957. The molecule has 0 aliphatic heterocycles. The fourth-order valence-corrected chi connectivity index (χ4v) is 4.97. The quantitative estimate of drug-likeness (QED) is 0.348. The summed E-state index contributed by atoms with van der Waals surface area (Å²) in [6.45, 7) is 6.54. The Morgan fingerprint density at radius 2 is 1.60 bits per heavy atom. The van der Waals surface area contributed by atoms with Crippen LogP contribution in [-0.2, 0) is 7.05 Å². The summed E-state index contributed by atoms with van der Waals surface area (Å²) in [5, 5.41) is 2.43. The Morgan fingerprint density at radius 1 is 0.833 bits per heavy atom. The van der Waals surface area contributed by atoms with Crippen LogP contribution in [0.5, 0.6) is 0 Å². The first-order chi connectivity index (χ1) is 14.6. The summed E-state index contributed by atoms with van der Waals surface area (Å²) in [7, 11) is 2.11. The molecule has 0 radical (unpaired) electrons. The van der Waals surface area contributed by atoms with Crippen LogP contribution in [0.2, 0.25) is 0 Å². The largest absolute Gasteiger partial charge is 0.314 e. The number of imidazole rings is 2. The number of aromatic nitrogens is 4. The van der Waals surface area contributed by atoms with E-state index in [0.717, 1.165) is 22.5 Å². The van der Waals surface area contributed by atoms with E-state index in [1.807, 2.05) is 0 Å². The molecule has 3 aromatic carbocycles. The van der Waals surface area contributed by atoms with Gasteiger partial charge in [-0.05, 0) is 61.0 Å². The Kier molecular flexibility index (Phi) is 3.40. The molecule has 4 nitrogen and oxygen atoms in total. The normalized spacial score (nSPS) is 12.0. The second-order valence-corrected chi connectivity index (χ2v) is 8.26. The highest BCUT2D eigenvalue weighted by Crippen LogP contribution is 2.34. The fourth-order valence-electron chi connectivity index (χ4n) is 4.97. The Labute approximate surface area is 174 Å². The molecule has 0 fully saturated rings. The van der Waals surface area contributed by atoms with E-state index in [4.69, 9.17) is 4.98 Å². The maximum atomic E-state index is 5.25. The summed E-state index contributed by atoms with van der Waals surface area (Å²) in [6, 6.07) is 21.6. The Hall–Kier alpha value is -3.66. The van der Waals surface area contributed by atoms with Crippen LogP contribution in [-0.4, -0.2) is 14.0 Å². The summed E-state index contributed by atoms with van der Waals surface area (Å²) in [5.41, 5.74) is 9.49. The van der Waals surface area contributed by atoms with Crippen molar-refractivity contribution in [3.05, 3.63) is 83.6 Å². The molecule has 4 heteroatoms. The number of hydrogen-bond donors (Lipinski definition) is 0. The first-order valence-electron chi connectivity index (χ1n) is 10.3. The van der Waals surface area contributed by atoms with Crippen LogP contribution in [0, 0.1) is 20.8 Å². The number of para-hydroxylation sites is 1. The third kappa shape index (κ3) is 2.11. The Balaban J connectivity index is 1.94. The maximum absolute atomic E-state index is 5.25. The highest BCUT2D eigenvalue weighted by molar-refractivity contribution is 6.08. The number of benzene rings is 3. The molecule has 0 saturated heterocycles. The van der Waals surface area contributed by atoms with E-state index < -0.39 is 0 Å². The van der Waals surface area contributed by atoms with E-state index in [-0.39, 0.29) is 0 Å². The van der Waals surface area contributed by atoms with E-state index in [2.05, 4.69) is 108 Å². The summed E-state index contributed by atoms with van der Waals surface area (Å²) >= 11 is 0. The zero-order valence-corrected chi connectivity index (χ0v) is 17.6. The van der Waals surface area contributed by atoms with Gasteiger partial charge in [-0.25, -0.2) is 4.57 Å². The van der Waals surface area contributed by atoms with Crippen LogP contribution in [0.3, 0.4) is 0 Å². The zero-order valence-electron chi connectivity index (χ0n) is 17.6. The highest BCUT2D eigenvalue weighted by Gasteiger charge is 2.28. The van der Waals surface area contributed by atoms with Gasteiger partial charge in [0.25, 0.3) is 0 Å². The third-order valence-corrected chi connectivity index (χ3v) is 6.26. The SMILES string of the molecule is Cc1cccc(C)c1-n1c2ccc[n+](C)c2n2c3c(C)cc4ccccc4c3nc12. The average Bonchev–Trinajstić information content (AvgIpc) is 3.25. The predicted molar refractivity (Wildman–Crippen MR) is 122 cm³/mol. The molecule has 146 valence electrons. The fraction of sp³-hybridized carbons (Fsp3) is 0.154. The van der Waals surface area contributed by atoms with Gasteiger partial charge in [-0.15, -0.1) is 0 Å². The Bertz CT molecular complexity index is 1610. The number of nitrogens with zero attached hydrogens (tertiary/aromatic N) is 4. The van der Waals surface area contributed by atoms with Crippen LogP contribution in [0.1, 0.15) is 16.7 Å². The average molecular weight is 391 g/mol. The van der Waals surface area contributed by atoms with Crippen LogP contribution < -0.4 is 4.57 Å². The summed E-state index contributed by atoms with van der Waals surface area (Å²) in [6.07, 6.45) is 2.11. The molecule has 0 aliphatic rings. The zero-order chi connectivity index (χ0) is 20.6. The second kappa shape index (κ2) is 5.92. The van der Waals surface area contributed by atoms with Crippen molar-refractivity contribution in [2.75, 3.05) is 0 Å². The molecule has 0 spiro atoms. The third-order valence-electron chi connectivity index (χ3n) is 6.26.